The van der Waals surface area contributed by atoms with Gasteiger partial charge in [0.05, 0.1) is 12.2 Å². The Morgan fingerprint density at radius 2 is 2.14 bits per heavy atom. The molecule has 0 unspecified atom stereocenters. The van der Waals surface area contributed by atoms with Crippen molar-refractivity contribution in [1.82, 2.24) is 10.3 Å². The molecule has 0 saturated heterocycles. The summed E-state index contributed by atoms with van der Waals surface area (Å²) in [5, 5.41) is 4.32. The van der Waals surface area contributed by atoms with Crippen molar-refractivity contribution in [3.05, 3.63) is 58.9 Å². The fraction of sp³-hybridized carbons (Fsp3) is 0.353. The van der Waals surface area contributed by atoms with Crippen molar-refractivity contribution in [2.24, 2.45) is 0 Å². The molecule has 1 N–H and O–H groups in total. The minimum atomic E-state index is 0.701. The molecular formula is C17H20ClN3. The van der Waals surface area contributed by atoms with Crippen LogP contribution in [0.2, 0.25) is 5.02 Å². The van der Waals surface area contributed by atoms with Gasteiger partial charge in [-0.15, -0.1) is 0 Å². The molecule has 1 aliphatic carbocycles. The second-order valence-corrected chi connectivity index (χ2v) is 6.02. The number of aromatic nitrogens is 1. The first-order valence-electron chi connectivity index (χ1n) is 7.35. The number of benzene rings is 1. The lowest BCUT2D eigenvalue weighted by atomic mass is 10.2. The molecule has 1 aromatic carbocycles. The van der Waals surface area contributed by atoms with Gasteiger partial charge >= 0.3 is 0 Å². The van der Waals surface area contributed by atoms with Crippen molar-refractivity contribution < 1.29 is 0 Å². The molecule has 1 saturated carbocycles. The zero-order valence-corrected chi connectivity index (χ0v) is 13.0. The van der Waals surface area contributed by atoms with Crippen molar-refractivity contribution >= 4 is 17.3 Å². The van der Waals surface area contributed by atoms with Crippen LogP contribution in [0, 0.1) is 0 Å². The molecule has 1 fully saturated rings. The van der Waals surface area contributed by atoms with Gasteiger partial charge in [-0.2, -0.15) is 0 Å². The highest BCUT2D eigenvalue weighted by Crippen LogP contribution is 2.25. The fourth-order valence-electron chi connectivity index (χ4n) is 2.28. The molecule has 3 nitrogen and oxygen atoms in total. The number of anilines is 1. The Labute approximate surface area is 131 Å². The summed E-state index contributed by atoms with van der Waals surface area (Å²) in [5.74, 6) is 0. The number of nitrogens with zero attached hydrogens (tertiary/aromatic N) is 2. The zero-order chi connectivity index (χ0) is 14.7. The summed E-state index contributed by atoms with van der Waals surface area (Å²) in [7, 11) is 2.06. The molecule has 0 aliphatic heterocycles. The number of nitrogens with one attached hydrogen (secondary N) is 1. The van der Waals surface area contributed by atoms with Crippen LogP contribution in [0.25, 0.3) is 0 Å². The SMILES string of the molecule is CN(Cc1ccccn1)c1ccc(CNC2CC2)c(Cl)c1. The third-order valence-electron chi connectivity index (χ3n) is 3.76. The Kier molecular flexibility index (Phi) is 4.42. The summed E-state index contributed by atoms with van der Waals surface area (Å²) in [6.45, 7) is 1.63. The molecule has 2 aromatic rings. The molecule has 1 aromatic heterocycles. The van der Waals surface area contributed by atoms with Gasteiger partial charge in [0.2, 0.25) is 0 Å². The van der Waals surface area contributed by atoms with Gasteiger partial charge in [-0.1, -0.05) is 23.7 Å². The maximum atomic E-state index is 6.40. The van der Waals surface area contributed by atoms with Gasteiger partial charge in [0.15, 0.2) is 0 Å². The Morgan fingerprint density at radius 1 is 1.29 bits per heavy atom. The van der Waals surface area contributed by atoms with Crippen LogP contribution in [0.4, 0.5) is 5.69 Å². The fourth-order valence-corrected chi connectivity index (χ4v) is 2.53. The van der Waals surface area contributed by atoms with E-state index in [0.717, 1.165) is 29.5 Å². The lowest BCUT2D eigenvalue weighted by molar-refractivity contribution is 0.688. The summed E-state index contributed by atoms with van der Waals surface area (Å²) in [4.78, 5) is 6.51. The topological polar surface area (TPSA) is 28.2 Å². The summed E-state index contributed by atoms with van der Waals surface area (Å²) in [6.07, 6.45) is 4.41. The Bertz CT molecular complexity index is 596. The predicted octanol–water partition coefficient (Wildman–Crippen LogP) is 3.62. The van der Waals surface area contributed by atoms with Crippen LogP contribution < -0.4 is 10.2 Å². The van der Waals surface area contributed by atoms with Crippen LogP contribution in [0.1, 0.15) is 24.1 Å². The number of rotatable bonds is 6. The predicted molar refractivity (Wildman–Crippen MR) is 87.7 cm³/mol. The van der Waals surface area contributed by atoms with Crippen LogP contribution in [-0.4, -0.2) is 18.1 Å². The van der Waals surface area contributed by atoms with Crippen LogP contribution in [0.3, 0.4) is 0 Å². The lowest BCUT2D eigenvalue weighted by Crippen LogP contribution is -2.18. The van der Waals surface area contributed by atoms with E-state index in [-0.39, 0.29) is 0 Å². The minimum absolute atomic E-state index is 0.701. The highest BCUT2D eigenvalue weighted by molar-refractivity contribution is 6.31. The first kappa shape index (κ1) is 14.4. The van der Waals surface area contributed by atoms with Crippen molar-refractivity contribution in [3.63, 3.8) is 0 Å². The lowest BCUT2D eigenvalue weighted by Gasteiger charge is -2.20. The third-order valence-corrected chi connectivity index (χ3v) is 4.11. The minimum Gasteiger partial charge on any atom is -0.369 e. The molecular weight excluding hydrogens is 282 g/mol. The first-order chi connectivity index (χ1) is 10.2. The molecule has 0 amide bonds. The van der Waals surface area contributed by atoms with Crippen molar-refractivity contribution in [1.29, 1.82) is 0 Å². The summed E-state index contributed by atoms with van der Waals surface area (Å²) in [6, 6.07) is 13.0. The number of pyridine rings is 1. The van der Waals surface area contributed by atoms with Gasteiger partial charge < -0.3 is 10.2 Å². The zero-order valence-electron chi connectivity index (χ0n) is 12.2. The average Bonchev–Trinajstić information content (AvgIpc) is 3.31. The van der Waals surface area contributed by atoms with E-state index >= 15 is 0 Å². The molecule has 21 heavy (non-hydrogen) atoms. The van der Waals surface area contributed by atoms with E-state index in [0.29, 0.717) is 6.04 Å². The Hall–Kier alpha value is -1.58. The molecule has 1 heterocycles. The number of halogens is 1. The number of hydrogen-bond donors (Lipinski definition) is 1. The van der Waals surface area contributed by atoms with Gasteiger partial charge in [0.25, 0.3) is 0 Å². The van der Waals surface area contributed by atoms with Gasteiger partial charge in [-0.3, -0.25) is 4.98 Å². The molecule has 0 spiro atoms. The highest BCUT2D eigenvalue weighted by Gasteiger charge is 2.20. The van der Waals surface area contributed by atoms with Crippen LogP contribution in [0.5, 0.6) is 0 Å². The van der Waals surface area contributed by atoms with Crippen molar-refractivity contribution in [3.8, 4) is 0 Å². The van der Waals surface area contributed by atoms with E-state index in [9.17, 15) is 0 Å². The quantitative estimate of drug-likeness (QED) is 0.883. The normalized spacial score (nSPS) is 14.2. The van der Waals surface area contributed by atoms with E-state index in [4.69, 9.17) is 11.6 Å². The molecule has 4 heteroatoms. The highest BCUT2D eigenvalue weighted by atomic mass is 35.5. The van der Waals surface area contributed by atoms with Crippen molar-refractivity contribution in [2.45, 2.75) is 32.0 Å². The summed E-state index contributed by atoms with van der Waals surface area (Å²) >= 11 is 6.40. The van der Waals surface area contributed by atoms with Crippen LogP contribution in [0.15, 0.2) is 42.6 Å². The van der Waals surface area contributed by atoms with Gasteiger partial charge in [0.1, 0.15) is 0 Å². The summed E-state index contributed by atoms with van der Waals surface area (Å²) in [5.41, 5.74) is 3.33. The first-order valence-corrected chi connectivity index (χ1v) is 7.73. The number of hydrogen-bond acceptors (Lipinski definition) is 3. The van der Waals surface area contributed by atoms with E-state index < -0.39 is 0 Å². The van der Waals surface area contributed by atoms with E-state index in [2.05, 4.69) is 34.4 Å². The second-order valence-electron chi connectivity index (χ2n) is 5.61. The van der Waals surface area contributed by atoms with E-state index in [1.807, 2.05) is 30.5 Å². The van der Waals surface area contributed by atoms with Crippen molar-refractivity contribution in [2.75, 3.05) is 11.9 Å². The summed E-state index contributed by atoms with van der Waals surface area (Å²) < 4.78 is 0. The molecule has 110 valence electrons. The second kappa shape index (κ2) is 6.46. The monoisotopic (exact) mass is 301 g/mol. The average molecular weight is 302 g/mol. The van der Waals surface area contributed by atoms with E-state index in [1.54, 1.807) is 0 Å². The van der Waals surface area contributed by atoms with Gasteiger partial charge in [-0.25, -0.2) is 0 Å². The van der Waals surface area contributed by atoms with Gasteiger partial charge in [0, 0.05) is 36.5 Å². The molecule has 3 rings (SSSR count). The smallest absolute Gasteiger partial charge is 0.0598 e. The standard InChI is InChI=1S/C17H20ClN3/c1-21(12-15-4-2-3-9-19-15)16-8-5-13(17(18)10-16)11-20-14-6-7-14/h2-5,8-10,14,20H,6-7,11-12H2,1H3. The van der Waals surface area contributed by atoms with Crippen LogP contribution >= 0.6 is 11.6 Å². The molecule has 0 bridgehead atoms. The molecule has 0 atom stereocenters. The maximum Gasteiger partial charge on any atom is 0.0598 e. The Balaban J connectivity index is 1.65. The largest absolute Gasteiger partial charge is 0.369 e. The molecule has 0 radical (unpaired) electrons. The third kappa shape index (κ3) is 3.96. The van der Waals surface area contributed by atoms with E-state index in [1.165, 1.54) is 18.4 Å². The van der Waals surface area contributed by atoms with Gasteiger partial charge in [-0.05, 0) is 42.7 Å². The molecule has 1 aliphatic rings. The maximum absolute atomic E-state index is 6.40. The van der Waals surface area contributed by atoms with Crippen LogP contribution in [-0.2, 0) is 13.1 Å². The Morgan fingerprint density at radius 3 is 2.81 bits per heavy atom.